The van der Waals surface area contributed by atoms with E-state index >= 15 is 0 Å². The van der Waals surface area contributed by atoms with E-state index in [1.807, 2.05) is 0 Å². The van der Waals surface area contributed by atoms with Crippen LogP contribution >= 0.6 is 22.7 Å². The van der Waals surface area contributed by atoms with Crippen molar-refractivity contribution in [1.29, 1.82) is 0 Å². The fourth-order valence-corrected chi connectivity index (χ4v) is 3.56. The molecule has 2 N–H and O–H groups in total. The second kappa shape index (κ2) is 5.27. The number of hydrogen-bond acceptors (Lipinski definition) is 5. The topological polar surface area (TPSA) is 79.3 Å². The van der Waals surface area contributed by atoms with Crippen molar-refractivity contribution >= 4 is 49.8 Å². The molecule has 1 aromatic carbocycles. The maximum atomic E-state index is 12.2. The van der Waals surface area contributed by atoms with Crippen LogP contribution < -0.4 is 5.32 Å². The van der Waals surface area contributed by atoms with Crippen molar-refractivity contribution in [2.24, 2.45) is 0 Å². The largest absolute Gasteiger partial charge is 0.477 e. The fourth-order valence-electron chi connectivity index (χ4n) is 1.94. The Labute approximate surface area is 127 Å². The van der Waals surface area contributed by atoms with Crippen molar-refractivity contribution in [2.75, 3.05) is 5.32 Å². The summed E-state index contributed by atoms with van der Waals surface area (Å²) < 4.78 is 0.941. The Kier molecular flexibility index (Phi) is 3.44. The number of benzene rings is 1. The smallest absolute Gasteiger partial charge is 0.346 e. The summed E-state index contributed by atoms with van der Waals surface area (Å²) in [6.07, 6.45) is 0. The van der Waals surface area contributed by atoms with Gasteiger partial charge in [0.05, 0.1) is 20.7 Å². The van der Waals surface area contributed by atoms with Crippen molar-refractivity contribution in [3.63, 3.8) is 0 Å². The second-order valence-electron chi connectivity index (χ2n) is 4.42. The van der Waals surface area contributed by atoms with Crippen molar-refractivity contribution in [2.45, 2.75) is 6.92 Å². The van der Waals surface area contributed by atoms with Crippen LogP contribution in [-0.2, 0) is 0 Å². The summed E-state index contributed by atoms with van der Waals surface area (Å²) in [5, 5.41) is 12.3. The number of rotatable bonds is 3. The molecule has 0 aliphatic rings. The van der Waals surface area contributed by atoms with Crippen LogP contribution in [0.1, 0.15) is 25.6 Å². The molecule has 0 atom stereocenters. The Morgan fingerprint density at radius 3 is 2.81 bits per heavy atom. The van der Waals surface area contributed by atoms with Crippen LogP contribution in [0.4, 0.5) is 5.00 Å². The highest BCUT2D eigenvalue weighted by Crippen LogP contribution is 2.27. The quantitative estimate of drug-likeness (QED) is 0.773. The number of aromatic nitrogens is 1. The zero-order valence-corrected chi connectivity index (χ0v) is 12.5. The number of fused-ring (bicyclic) bond motifs is 1. The molecule has 106 valence electrons. The lowest BCUT2D eigenvalue weighted by atomic mass is 10.2. The molecule has 21 heavy (non-hydrogen) atoms. The number of aryl methyl sites for hydroxylation is 1. The third-order valence-corrected chi connectivity index (χ3v) is 4.87. The zero-order chi connectivity index (χ0) is 15.0. The van der Waals surface area contributed by atoms with E-state index in [-0.39, 0.29) is 10.8 Å². The first-order chi connectivity index (χ1) is 10.0. The molecule has 3 aromatic rings. The highest BCUT2D eigenvalue weighted by molar-refractivity contribution is 7.18. The number of carbonyl (C=O) groups is 2. The Morgan fingerprint density at radius 2 is 2.10 bits per heavy atom. The van der Waals surface area contributed by atoms with Gasteiger partial charge in [-0.1, -0.05) is 0 Å². The number of carbonyl (C=O) groups excluding carboxylic acids is 1. The molecule has 0 bridgehead atoms. The SMILES string of the molecule is Cc1cc(NC(=O)c2ccc3ncsc3c2)sc1C(=O)O. The molecule has 0 aliphatic carbocycles. The van der Waals surface area contributed by atoms with Gasteiger partial charge in [0.2, 0.25) is 0 Å². The van der Waals surface area contributed by atoms with Crippen molar-refractivity contribution in [1.82, 2.24) is 4.98 Å². The first kappa shape index (κ1) is 13.7. The van der Waals surface area contributed by atoms with E-state index in [1.165, 1.54) is 11.3 Å². The van der Waals surface area contributed by atoms with E-state index in [9.17, 15) is 9.59 Å². The van der Waals surface area contributed by atoms with Crippen molar-refractivity contribution in [3.05, 3.63) is 45.8 Å². The van der Waals surface area contributed by atoms with Crippen LogP contribution in [0, 0.1) is 6.92 Å². The molecular formula is C14H10N2O3S2. The summed E-state index contributed by atoms with van der Waals surface area (Å²) in [4.78, 5) is 27.6. The van der Waals surface area contributed by atoms with Gasteiger partial charge in [0, 0.05) is 5.56 Å². The van der Waals surface area contributed by atoms with E-state index in [0.29, 0.717) is 16.1 Å². The summed E-state index contributed by atoms with van der Waals surface area (Å²) in [7, 11) is 0. The number of hydrogen-bond donors (Lipinski definition) is 2. The molecule has 0 saturated heterocycles. The number of amides is 1. The number of nitrogens with zero attached hydrogens (tertiary/aromatic N) is 1. The van der Waals surface area contributed by atoms with Gasteiger partial charge in [-0.25, -0.2) is 9.78 Å². The minimum absolute atomic E-state index is 0.239. The summed E-state index contributed by atoms with van der Waals surface area (Å²) in [5.41, 5.74) is 3.75. The lowest BCUT2D eigenvalue weighted by molar-refractivity contribution is 0.0701. The molecule has 0 aliphatic heterocycles. The predicted molar refractivity (Wildman–Crippen MR) is 83.6 cm³/mol. The zero-order valence-electron chi connectivity index (χ0n) is 10.9. The number of carboxylic acid groups (broad SMARTS) is 1. The van der Waals surface area contributed by atoms with Gasteiger partial charge < -0.3 is 10.4 Å². The summed E-state index contributed by atoms with van der Waals surface area (Å²) in [6.45, 7) is 1.71. The van der Waals surface area contributed by atoms with Crippen LogP contribution in [0.2, 0.25) is 0 Å². The van der Waals surface area contributed by atoms with Crippen LogP contribution in [0.15, 0.2) is 29.8 Å². The van der Waals surface area contributed by atoms with Gasteiger partial charge in [-0.2, -0.15) is 0 Å². The molecule has 0 saturated carbocycles. The summed E-state index contributed by atoms with van der Waals surface area (Å²) in [5.74, 6) is -1.24. The second-order valence-corrected chi connectivity index (χ2v) is 6.36. The lowest BCUT2D eigenvalue weighted by Gasteiger charge is -2.02. The van der Waals surface area contributed by atoms with E-state index in [0.717, 1.165) is 21.6 Å². The number of nitrogens with one attached hydrogen (secondary N) is 1. The standard InChI is InChI=1S/C14H10N2O3S2/c1-7-4-11(21-12(7)14(18)19)16-13(17)8-2-3-9-10(5-8)20-6-15-9/h2-6H,1H3,(H,16,17)(H,18,19). The molecular weight excluding hydrogens is 308 g/mol. The molecule has 0 radical (unpaired) electrons. The van der Waals surface area contributed by atoms with Crippen LogP contribution in [0.3, 0.4) is 0 Å². The summed E-state index contributed by atoms with van der Waals surface area (Å²) in [6, 6.07) is 6.94. The maximum Gasteiger partial charge on any atom is 0.346 e. The van der Waals surface area contributed by atoms with Gasteiger partial charge >= 0.3 is 5.97 Å². The van der Waals surface area contributed by atoms with E-state index in [4.69, 9.17) is 5.11 Å². The van der Waals surface area contributed by atoms with Gasteiger partial charge in [0.1, 0.15) is 4.88 Å². The van der Waals surface area contributed by atoms with Gasteiger partial charge in [-0.3, -0.25) is 4.79 Å². The average molecular weight is 318 g/mol. The molecule has 2 aromatic heterocycles. The molecule has 1 amide bonds. The van der Waals surface area contributed by atoms with Crippen molar-refractivity contribution < 1.29 is 14.7 Å². The van der Waals surface area contributed by atoms with Crippen molar-refractivity contribution in [3.8, 4) is 0 Å². The molecule has 7 heteroatoms. The monoisotopic (exact) mass is 318 g/mol. The molecule has 0 fully saturated rings. The molecule has 5 nitrogen and oxygen atoms in total. The first-order valence-electron chi connectivity index (χ1n) is 6.03. The van der Waals surface area contributed by atoms with Crippen LogP contribution in [0.25, 0.3) is 10.2 Å². The Balaban J connectivity index is 1.85. The number of thiophene rings is 1. The van der Waals surface area contributed by atoms with Gasteiger partial charge in [-0.15, -0.1) is 22.7 Å². The fraction of sp³-hybridized carbons (Fsp3) is 0.0714. The number of anilines is 1. The predicted octanol–water partition coefficient (Wildman–Crippen LogP) is 3.62. The third-order valence-electron chi connectivity index (χ3n) is 2.94. The molecule has 0 spiro atoms. The van der Waals surface area contributed by atoms with E-state index < -0.39 is 5.97 Å². The molecule has 2 heterocycles. The Morgan fingerprint density at radius 1 is 1.29 bits per heavy atom. The number of aromatic carboxylic acids is 1. The Hall–Kier alpha value is -2.25. The summed E-state index contributed by atoms with van der Waals surface area (Å²) >= 11 is 2.52. The molecule has 0 unspecified atom stereocenters. The average Bonchev–Trinajstić information content (AvgIpc) is 3.04. The normalized spacial score (nSPS) is 10.7. The third kappa shape index (κ3) is 2.65. The lowest BCUT2D eigenvalue weighted by Crippen LogP contribution is -2.10. The Bertz CT molecular complexity index is 851. The maximum absolute atomic E-state index is 12.2. The number of thiazole rings is 1. The van der Waals surface area contributed by atoms with Gasteiger partial charge in [-0.05, 0) is 36.8 Å². The molecule has 3 rings (SSSR count). The highest BCUT2D eigenvalue weighted by Gasteiger charge is 2.14. The minimum atomic E-state index is -0.982. The number of carboxylic acids is 1. The van der Waals surface area contributed by atoms with E-state index in [1.54, 1.807) is 36.7 Å². The van der Waals surface area contributed by atoms with Crippen LogP contribution in [0.5, 0.6) is 0 Å². The minimum Gasteiger partial charge on any atom is -0.477 e. The first-order valence-corrected chi connectivity index (χ1v) is 7.72. The van der Waals surface area contributed by atoms with Gasteiger partial charge in [0.15, 0.2) is 0 Å². The van der Waals surface area contributed by atoms with Crippen LogP contribution in [-0.4, -0.2) is 22.0 Å². The van der Waals surface area contributed by atoms with E-state index in [2.05, 4.69) is 10.3 Å². The highest BCUT2D eigenvalue weighted by atomic mass is 32.1. The van der Waals surface area contributed by atoms with Gasteiger partial charge in [0.25, 0.3) is 5.91 Å².